The summed E-state index contributed by atoms with van der Waals surface area (Å²) in [5.74, 6) is 1.04. The molecule has 2 aromatic carbocycles. The van der Waals surface area contributed by atoms with E-state index < -0.39 is 0 Å². The first kappa shape index (κ1) is 12.0. The molecular weight excluding hydrogens is 327 g/mol. The number of thioether (sulfide) groups is 1. The minimum Gasteiger partial charge on any atom is -0.121 e. The summed E-state index contributed by atoms with van der Waals surface area (Å²) in [6.07, 6.45) is 0. The summed E-state index contributed by atoms with van der Waals surface area (Å²) in [5, 5.41) is 0. The number of hydrogen-bond acceptors (Lipinski definition) is 1. The van der Waals surface area contributed by atoms with Gasteiger partial charge in [-0.3, -0.25) is 0 Å². The molecular formula is C14H13IS. The lowest BCUT2D eigenvalue weighted by Crippen LogP contribution is -1.81. The van der Waals surface area contributed by atoms with Crippen LogP contribution in [0, 0.1) is 10.5 Å². The van der Waals surface area contributed by atoms with Crippen LogP contribution in [0.15, 0.2) is 53.4 Å². The van der Waals surface area contributed by atoms with Crippen LogP contribution in [0.4, 0.5) is 0 Å². The number of benzene rings is 2. The molecule has 0 atom stereocenters. The van der Waals surface area contributed by atoms with Crippen LogP contribution in [0.25, 0.3) is 0 Å². The lowest BCUT2D eigenvalue weighted by molar-refractivity contribution is 1.34. The minimum absolute atomic E-state index is 1.04. The molecule has 0 N–H and O–H groups in total. The molecule has 0 aliphatic carbocycles. The third kappa shape index (κ3) is 3.52. The van der Waals surface area contributed by atoms with Crippen LogP contribution in [0.1, 0.15) is 11.1 Å². The molecule has 0 radical (unpaired) electrons. The second-order valence-electron chi connectivity index (χ2n) is 3.73. The molecule has 82 valence electrons. The molecule has 2 rings (SSSR count). The van der Waals surface area contributed by atoms with E-state index in [4.69, 9.17) is 0 Å². The standard InChI is InChI=1S/C14H13IS/c1-11-3-2-4-14(9-11)16-10-12-5-7-13(15)8-6-12/h2-9H,10H2,1H3. The van der Waals surface area contributed by atoms with E-state index in [2.05, 4.69) is 78.0 Å². The molecule has 0 spiro atoms. The van der Waals surface area contributed by atoms with E-state index >= 15 is 0 Å². The molecule has 0 heterocycles. The molecule has 2 heteroatoms. The van der Waals surface area contributed by atoms with Crippen molar-refractivity contribution >= 4 is 34.4 Å². The van der Waals surface area contributed by atoms with Crippen LogP contribution in [0.3, 0.4) is 0 Å². The summed E-state index contributed by atoms with van der Waals surface area (Å²) in [6.45, 7) is 2.13. The molecule has 0 aromatic heterocycles. The Labute approximate surface area is 115 Å². The van der Waals surface area contributed by atoms with Gasteiger partial charge in [-0.25, -0.2) is 0 Å². The number of halogens is 1. The van der Waals surface area contributed by atoms with Crippen molar-refractivity contribution in [3.63, 3.8) is 0 Å². The van der Waals surface area contributed by atoms with E-state index in [9.17, 15) is 0 Å². The molecule has 0 amide bonds. The first-order valence-electron chi connectivity index (χ1n) is 5.18. The predicted octanol–water partition coefficient (Wildman–Crippen LogP) is 4.89. The van der Waals surface area contributed by atoms with Gasteiger partial charge in [-0.05, 0) is 59.3 Å². The van der Waals surface area contributed by atoms with Crippen molar-refractivity contribution < 1.29 is 0 Å². The van der Waals surface area contributed by atoms with Gasteiger partial charge in [0.2, 0.25) is 0 Å². The van der Waals surface area contributed by atoms with E-state index in [-0.39, 0.29) is 0 Å². The van der Waals surface area contributed by atoms with Gasteiger partial charge in [0.15, 0.2) is 0 Å². The summed E-state index contributed by atoms with van der Waals surface area (Å²) in [5.41, 5.74) is 2.71. The van der Waals surface area contributed by atoms with E-state index in [1.165, 1.54) is 19.6 Å². The van der Waals surface area contributed by atoms with Gasteiger partial charge >= 0.3 is 0 Å². The van der Waals surface area contributed by atoms with Crippen LogP contribution in [0.5, 0.6) is 0 Å². The van der Waals surface area contributed by atoms with Crippen molar-refractivity contribution in [1.82, 2.24) is 0 Å². The average Bonchev–Trinajstić information content (AvgIpc) is 2.28. The van der Waals surface area contributed by atoms with Gasteiger partial charge in [0.25, 0.3) is 0 Å². The predicted molar refractivity (Wildman–Crippen MR) is 79.9 cm³/mol. The largest absolute Gasteiger partial charge is 0.121 e. The molecule has 0 nitrogen and oxygen atoms in total. The smallest absolute Gasteiger partial charge is 0.0232 e. The molecule has 0 saturated carbocycles. The van der Waals surface area contributed by atoms with Crippen molar-refractivity contribution in [2.45, 2.75) is 17.6 Å². The van der Waals surface area contributed by atoms with Crippen LogP contribution >= 0.6 is 34.4 Å². The van der Waals surface area contributed by atoms with E-state index in [1.54, 1.807) is 0 Å². The van der Waals surface area contributed by atoms with Gasteiger partial charge in [0, 0.05) is 14.2 Å². The second-order valence-corrected chi connectivity index (χ2v) is 6.03. The highest BCUT2D eigenvalue weighted by molar-refractivity contribution is 14.1. The quantitative estimate of drug-likeness (QED) is 0.566. The molecule has 0 bridgehead atoms. The third-order valence-corrected chi connectivity index (χ3v) is 4.09. The Hall–Kier alpha value is -0.480. The van der Waals surface area contributed by atoms with Crippen LogP contribution < -0.4 is 0 Å². The van der Waals surface area contributed by atoms with Crippen molar-refractivity contribution in [3.8, 4) is 0 Å². The maximum Gasteiger partial charge on any atom is 0.0232 e. The Morgan fingerprint density at radius 3 is 2.50 bits per heavy atom. The normalized spacial score (nSPS) is 10.4. The van der Waals surface area contributed by atoms with Crippen molar-refractivity contribution in [2.24, 2.45) is 0 Å². The van der Waals surface area contributed by atoms with E-state index in [0.29, 0.717) is 0 Å². The topological polar surface area (TPSA) is 0 Å². The Balaban J connectivity index is 1.99. The zero-order valence-electron chi connectivity index (χ0n) is 9.11. The van der Waals surface area contributed by atoms with Crippen LogP contribution in [-0.2, 0) is 5.75 Å². The molecule has 0 aliphatic heterocycles. The summed E-state index contributed by atoms with van der Waals surface area (Å²) in [7, 11) is 0. The number of aryl methyl sites for hydroxylation is 1. The fourth-order valence-electron chi connectivity index (χ4n) is 1.45. The van der Waals surface area contributed by atoms with Crippen LogP contribution in [0.2, 0.25) is 0 Å². The van der Waals surface area contributed by atoms with Gasteiger partial charge < -0.3 is 0 Å². The highest BCUT2D eigenvalue weighted by atomic mass is 127. The fraction of sp³-hybridized carbons (Fsp3) is 0.143. The number of rotatable bonds is 3. The highest BCUT2D eigenvalue weighted by Crippen LogP contribution is 2.23. The maximum absolute atomic E-state index is 2.33. The fourth-order valence-corrected chi connectivity index (χ4v) is 2.78. The Morgan fingerprint density at radius 2 is 1.81 bits per heavy atom. The highest BCUT2D eigenvalue weighted by Gasteiger charge is 1.96. The summed E-state index contributed by atoms with van der Waals surface area (Å²) in [4.78, 5) is 1.35. The lowest BCUT2D eigenvalue weighted by Gasteiger charge is -2.03. The average molecular weight is 340 g/mol. The molecule has 16 heavy (non-hydrogen) atoms. The summed E-state index contributed by atoms with van der Waals surface area (Å²) in [6, 6.07) is 17.4. The Morgan fingerprint density at radius 1 is 1.06 bits per heavy atom. The first-order valence-corrected chi connectivity index (χ1v) is 7.24. The lowest BCUT2D eigenvalue weighted by atomic mass is 10.2. The monoisotopic (exact) mass is 340 g/mol. The molecule has 0 saturated heterocycles. The molecule has 2 aromatic rings. The second kappa shape index (κ2) is 5.73. The van der Waals surface area contributed by atoms with E-state index in [1.807, 2.05) is 11.8 Å². The summed E-state index contributed by atoms with van der Waals surface area (Å²) < 4.78 is 1.29. The minimum atomic E-state index is 1.04. The van der Waals surface area contributed by atoms with E-state index in [0.717, 1.165) is 5.75 Å². The van der Waals surface area contributed by atoms with Gasteiger partial charge in [-0.2, -0.15) is 0 Å². The van der Waals surface area contributed by atoms with Gasteiger partial charge in [-0.1, -0.05) is 29.8 Å². The zero-order chi connectivity index (χ0) is 11.4. The maximum atomic E-state index is 2.33. The number of hydrogen-bond donors (Lipinski definition) is 0. The van der Waals surface area contributed by atoms with Gasteiger partial charge in [-0.15, -0.1) is 11.8 Å². The summed E-state index contributed by atoms with van der Waals surface area (Å²) >= 11 is 4.23. The van der Waals surface area contributed by atoms with Crippen LogP contribution in [-0.4, -0.2) is 0 Å². The van der Waals surface area contributed by atoms with Crippen molar-refractivity contribution in [1.29, 1.82) is 0 Å². The zero-order valence-corrected chi connectivity index (χ0v) is 12.1. The van der Waals surface area contributed by atoms with Gasteiger partial charge in [0.05, 0.1) is 0 Å². The molecule has 0 unspecified atom stereocenters. The third-order valence-electron chi connectivity index (χ3n) is 2.31. The Bertz CT molecular complexity index is 462. The molecule has 0 fully saturated rings. The van der Waals surface area contributed by atoms with Crippen molar-refractivity contribution in [2.75, 3.05) is 0 Å². The van der Waals surface area contributed by atoms with Gasteiger partial charge in [0.1, 0.15) is 0 Å². The first-order chi connectivity index (χ1) is 7.74. The Kier molecular flexibility index (Phi) is 4.29. The van der Waals surface area contributed by atoms with Crippen molar-refractivity contribution in [3.05, 3.63) is 63.2 Å². The molecule has 0 aliphatic rings. The SMILES string of the molecule is Cc1cccc(SCc2ccc(I)cc2)c1.